The number of benzene rings is 1. The van der Waals surface area contributed by atoms with E-state index in [1.165, 1.54) is 0 Å². The van der Waals surface area contributed by atoms with E-state index in [1.54, 1.807) is 12.1 Å². The van der Waals surface area contributed by atoms with Crippen molar-refractivity contribution in [1.82, 2.24) is 4.90 Å². The molecule has 3 nitrogen and oxygen atoms in total. The fourth-order valence-electron chi connectivity index (χ4n) is 2.33. The second kappa shape index (κ2) is 4.84. The van der Waals surface area contributed by atoms with Gasteiger partial charge in [-0.05, 0) is 24.7 Å². The molecule has 1 saturated heterocycles. The zero-order valence-electron chi connectivity index (χ0n) is 9.36. The normalized spacial score (nSPS) is 25.1. The Morgan fingerprint density at radius 3 is 2.65 bits per heavy atom. The Bertz CT molecular complexity index is 450. The minimum absolute atomic E-state index is 0.0210. The first-order valence-electron chi connectivity index (χ1n) is 5.35. The molecule has 0 radical (unpaired) electrons. The lowest BCUT2D eigenvalue weighted by Crippen LogP contribution is -2.21. The molecule has 1 aliphatic heterocycles. The Balaban J connectivity index is 2.31. The molecule has 0 aromatic heterocycles. The summed E-state index contributed by atoms with van der Waals surface area (Å²) >= 11 is 11.8. The van der Waals surface area contributed by atoms with Crippen LogP contribution in [0.5, 0.6) is 0 Å². The summed E-state index contributed by atoms with van der Waals surface area (Å²) in [4.78, 5) is 13.2. The summed E-state index contributed by atoms with van der Waals surface area (Å²) in [6, 6.07) is 5.34. The smallest absolute Gasteiger partial charge is 0.308 e. The average molecular weight is 274 g/mol. The van der Waals surface area contributed by atoms with E-state index < -0.39 is 5.97 Å². The van der Waals surface area contributed by atoms with Gasteiger partial charge in [0.1, 0.15) is 0 Å². The van der Waals surface area contributed by atoms with Crippen LogP contribution in [0.4, 0.5) is 0 Å². The van der Waals surface area contributed by atoms with Crippen molar-refractivity contribution in [3.63, 3.8) is 0 Å². The van der Waals surface area contributed by atoms with E-state index in [-0.39, 0.29) is 11.8 Å². The molecule has 17 heavy (non-hydrogen) atoms. The van der Waals surface area contributed by atoms with Crippen molar-refractivity contribution in [3.05, 3.63) is 33.8 Å². The second-order valence-corrected chi connectivity index (χ2v) is 5.26. The zero-order valence-corrected chi connectivity index (χ0v) is 10.9. The Labute approximate surface area is 110 Å². The zero-order chi connectivity index (χ0) is 12.6. The van der Waals surface area contributed by atoms with Crippen LogP contribution in [-0.2, 0) is 4.79 Å². The maximum absolute atomic E-state index is 11.2. The quantitative estimate of drug-likeness (QED) is 0.901. The predicted molar refractivity (Wildman–Crippen MR) is 67.8 cm³/mol. The third-order valence-electron chi connectivity index (χ3n) is 3.19. The lowest BCUT2D eigenvalue weighted by atomic mass is 9.89. The molecule has 92 valence electrons. The van der Waals surface area contributed by atoms with Crippen LogP contribution < -0.4 is 0 Å². The van der Waals surface area contributed by atoms with Crippen molar-refractivity contribution in [1.29, 1.82) is 0 Å². The number of rotatable bonds is 2. The van der Waals surface area contributed by atoms with Gasteiger partial charge in [0.05, 0.1) is 16.0 Å². The van der Waals surface area contributed by atoms with E-state index in [9.17, 15) is 9.90 Å². The molecule has 0 bridgehead atoms. The molecule has 0 aliphatic carbocycles. The van der Waals surface area contributed by atoms with Gasteiger partial charge < -0.3 is 10.0 Å². The van der Waals surface area contributed by atoms with Crippen LogP contribution >= 0.6 is 23.2 Å². The number of halogens is 2. The Kier molecular flexibility index (Phi) is 3.61. The van der Waals surface area contributed by atoms with E-state index in [4.69, 9.17) is 23.2 Å². The van der Waals surface area contributed by atoms with Gasteiger partial charge in [-0.25, -0.2) is 0 Å². The fraction of sp³-hybridized carbons (Fsp3) is 0.417. The van der Waals surface area contributed by atoms with Crippen molar-refractivity contribution in [2.24, 2.45) is 5.92 Å². The Hall–Kier alpha value is -0.770. The van der Waals surface area contributed by atoms with Gasteiger partial charge in [0, 0.05) is 19.0 Å². The number of likely N-dealkylation sites (N-methyl/N-ethyl adjacent to an activating group) is 1. The highest BCUT2D eigenvalue weighted by molar-refractivity contribution is 6.42. The average Bonchev–Trinajstić information content (AvgIpc) is 2.64. The number of carboxylic acid groups (broad SMARTS) is 1. The predicted octanol–water partition coefficient (Wildman–Crippen LogP) is 2.72. The lowest BCUT2D eigenvalue weighted by Gasteiger charge is -2.15. The molecule has 2 atom stereocenters. The summed E-state index contributed by atoms with van der Waals surface area (Å²) < 4.78 is 0. The Morgan fingerprint density at radius 2 is 2.06 bits per heavy atom. The van der Waals surface area contributed by atoms with Crippen molar-refractivity contribution < 1.29 is 9.90 Å². The monoisotopic (exact) mass is 273 g/mol. The number of hydrogen-bond donors (Lipinski definition) is 1. The van der Waals surface area contributed by atoms with Crippen LogP contribution in [0.25, 0.3) is 0 Å². The highest BCUT2D eigenvalue weighted by atomic mass is 35.5. The van der Waals surface area contributed by atoms with Gasteiger partial charge in [-0.15, -0.1) is 0 Å². The summed E-state index contributed by atoms with van der Waals surface area (Å²) in [5, 5.41) is 10.2. The maximum Gasteiger partial charge on any atom is 0.308 e. The highest BCUT2D eigenvalue weighted by Gasteiger charge is 2.37. The van der Waals surface area contributed by atoms with E-state index in [2.05, 4.69) is 0 Å². The molecule has 1 heterocycles. The van der Waals surface area contributed by atoms with Crippen LogP contribution in [-0.4, -0.2) is 36.1 Å². The first kappa shape index (κ1) is 12.7. The van der Waals surface area contributed by atoms with Crippen molar-refractivity contribution >= 4 is 29.2 Å². The first-order valence-corrected chi connectivity index (χ1v) is 6.11. The fourth-order valence-corrected chi connectivity index (χ4v) is 2.64. The van der Waals surface area contributed by atoms with Crippen molar-refractivity contribution in [3.8, 4) is 0 Å². The van der Waals surface area contributed by atoms with E-state index in [0.29, 0.717) is 16.6 Å². The van der Waals surface area contributed by atoms with Gasteiger partial charge >= 0.3 is 5.97 Å². The van der Waals surface area contributed by atoms with Gasteiger partial charge in [0.15, 0.2) is 0 Å². The van der Waals surface area contributed by atoms with Crippen LogP contribution in [0.1, 0.15) is 11.5 Å². The SMILES string of the molecule is CN1C[C@H](C(=O)O)[C@@H](c2ccc(Cl)c(Cl)c2)C1. The van der Waals surface area contributed by atoms with Gasteiger partial charge in [0.25, 0.3) is 0 Å². The maximum atomic E-state index is 11.2. The van der Waals surface area contributed by atoms with Gasteiger partial charge in [0.2, 0.25) is 0 Å². The molecular weight excluding hydrogens is 261 g/mol. The summed E-state index contributed by atoms with van der Waals surface area (Å²) in [7, 11) is 1.92. The number of hydrogen-bond acceptors (Lipinski definition) is 2. The van der Waals surface area contributed by atoms with Crippen LogP contribution in [0.15, 0.2) is 18.2 Å². The molecule has 1 N–H and O–H groups in total. The second-order valence-electron chi connectivity index (χ2n) is 4.45. The molecule has 0 amide bonds. The summed E-state index contributed by atoms with van der Waals surface area (Å²) in [5.41, 5.74) is 0.941. The van der Waals surface area contributed by atoms with Gasteiger partial charge in [-0.3, -0.25) is 4.79 Å². The molecule has 0 unspecified atom stereocenters. The van der Waals surface area contributed by atoms with E-state index in [0.717, 1.165) is 12.1 Å². The third kappa shape index (κ3) is 2.57. The van der Waals surface area contributed by atoms with E-state index in [1.807, 2.05) is 18.0 Å². The largest absolute Gasteiger partial charge is 0.481 e. The number of nitrogens with zero attached hydrogens (tertiary/aromatic N) is 1. The minimum Gasteiger partial charge on any atom is -0.481 e. The third-order valence-corrected chi connectivity index (χ3v) is 3.93. The first-order chi connectivity index (χ1) is 7.99. The van der Waals surface area contributed by atoms with Gasteiger partial charge in [-0.1, -0.05) is 29.3 Å². The highest BCUT2D eigenvalue weighted by Crippen LogP contribution is 2.35. The molecule has 1 aromatic carbocycles. The summed E-state index contributed by atoms with van der Waals surface area (Å²) in [6.45, 7) is 1.30. The van der Waals surface area contributed by atoms with Crippen LogP contribution in [0.2, 0.25) is 10.0 Å². The molecule has 5 heteroatoms. The lowest BCUT2D eigenvalue weighted by molar-refractivity contribution is -0.141. The molecule has 1 fully saturated rings. The summed E-state index contributed by atoms with van der Waals surface area (Å²) in [5.74, 6) is -1.16. The number of aliphatic carboxylic acids is 1. The molecule has 1 aliphatic rings. The Morgan fingerprint density at radius 1 is 1.35 bits per heavy atom. The van der Waals surface area contributed by atoms with Crippen molar-refractivity contribution in [2.75, 3.05) is 20.1 Å². The minimum atomic E-state index is -0.759. The topological polar surface area (TPSA) is 40.5 Å². The van der Waals surface area contributed by atoms with Crippen LogP contribution in [0.3, 0.4) is 0 Å². The molecule has 2 rings (SSSR count). The number of carbonyl (C=O) groups is 1. The standard InChI is InChI=1S/C12H13Cl2NO2/c1-15-5-8(9(6-15)12(16)17)7-2-3-10(13)11(14)4-7/h2-4,8-9H,5-6H2,1H3,(H,16,17)/t8-,9+/m1/s1. The molecule has 0 spiro atoms. The van der Waals surface area contributed by atoms with Crippen LogP contribution in [0, 0.1) is 5.92 Å². The summed E-state index contributed by atoms with van der Waals surface area (Å²) in [6.07, 6.45) is 0. The van der Waals surface area contributed by atoms with Gasteiger partial charge in [-0.2, -0.15) is 0 Å². The molecular formula is C12H13Cl2NO2. The van der Waals surface area contributed by atoms with E-state index >= 15 is 0 Å². The number of carboxylic acids is 1. The number of likely N-dealkylation sites (tertiary alicyclic amines) is 1. The molecule has 1 aromatic rings. The van der Waals surface area contributed by atoms with Crippen molar-refractivity contribution in [2.45, 2.75) is 5.92 Å². The molecule has 0 saturated carbocycles.